The molecule has 32 heavy (non-hydrogen) atoms. The Balaban J connectivity index is 3.62. The number of hydrogen-bond donors (Lipinski definition) is 1. The molecule has 3 heteroatoms. The Kier molecular flexibility index (Phi) is 23.9. The maximum absolute atomic E-state index is 6.20. The van der Waals surface area contributed by atoms with E-state index in [2.05, 4.69) is 27.7 Å². The zero-order chi connectivity index (χ0) is 23.8. The van der Waals surface area contributed by atoms with E-state index in [9.17, 15) is 0 Å². The molecule has 0 heterocycles. The second-order valence-corrected chi connectivity index (χ2v) is 10.4. The number of hydrogen-bond acceptors (Lipinski definition) is 3. The Morgan fingerprint density at radius 1 is 0.531 bits per heavy atom. The molecule has 2 N–H and O–H groups in total. The third-order valence-electron chi connectivity index (χ3n) is 6.78. The average Bonchev–Trinajstić information content (AvgIpc) is 2.78. The second kappa shape index (κ2) is 24.0. The van der Waals surface area contributed by atoms with E-state index in [0.717, 1.165) is 26.1 Å². The van der Waals surface area contributed by atoms with Crippen LogP contribution in [0.4, 0.5) is 0 Å². The predicted octanol–water partition coefficient (Wildman–Crippen LogP) is 8.97. The number of nitrogens with two attached hydrogens (primary N) is 1. The minimum absolute atomic E-state index is 0.0100. The minimum Gasteiger partial charge on any atom is -0.374 e. The van der Waals surface area contributed by atoms with Gasteiger partial charge in [-0.1, -0.05) is 129 Å². The van der Waals surface area contributed by atoms with Crippen LogP contribution in [0.25, 0.3) is 0 Å². The Labute approximate surface area is 203 Å². The van der Waals surface area contributed by atoms with Gasteiger partial charge in [0.15, 0.2) is 0 Å². The first-order chi connectivity index (χ1) is 15.6. The molecule has 0 aromatic rings. The van der Waals surface area contributed by atoms with Crippen LogP contribution in [0.5, 0.6) is 0 Å². The first kappa shape index (κ1) is 31.9. The highest BCUT2D eigenvalue weighted by atomic mass is 16.5. The molecule has 0 radical (unpaired) electrons. The first-order valence-corrected chi connectivity index (χ1v) is 14.5. The summed E-state index contributed by atoms with van der Waals surface area (Å²) in [6.07, 6.45) is 27.0. The van der Waals surface area contributed by atoms with E-state index in [1.54, 1.807) is 0 Å². The van der Waals surface area contributed by atoms with Gasteiger partial charge in [0.2, 0.25) is 0 Å². The van der Waals surface area contributed by atoms with Crippen LogP contribution < -0.4 is 5.73 Å². The highest BCUT2D eigenvalue weighted by molar-refractivity contribution is 4.81. The third-order valence-corrected chi connectivity index (χ3v) is 6.78. The van der Waals surface area contributed by atoms with E-state index in [-0.39, 0.29) is 11.7 Å². The predicted molar refractivity (Wildman–Crippen MR) is 143 cm³/mol. The van der Waals surface area contributed by atoms with E-state index in [0.29, 0.717) is 6.54 Å². The van der Waals surface area contributed by atoms with Gasteiger partial charge in [-0.25, -0.2) is 0 Å². The van der Waals surface area contributed by atoms with Crippen LogP contribution in [0.15, 0.2) is 0 Å². The quantitative estimate of drug-likeness (QED) is 0.132. The fourth-order valence-electron chi connectivity index (χ4n) is 4.39. The van der Waals surface area contributed by atoms with Crippen LogP contribution >= 0.6 is 0 Å². The second-order valence-electron chi connectivity index (χ2n) is 10.4. The van der Waals surface area contributed by atoms with Crippen molar-refractivity contribution in [2.24, 2.45) is 5.73 Å². The van der Waals surface area contributed by atoms with Gasteiger partial charge in [0.25, 0.3) is 0 Å². The van der Waals surface area contributed by atoms with Gasteiger partial charge in [-0.05, 0) is 26.7 Å². The summed E-state index contributed by atoms with van der Waals surface area (Å²) in [4.78, 5) is 0. The van der Waals surface area contributed by atoms with Gasteiger partial charge >= 0.3 is 0 Å². The minimum atomic E-state index is -0.299. The molecule has 1 atom stereocenters. The largest absolute Gasteiger partial charge is 0.374 e. The third kappa shape index (κ3) is 20.5. The normalized spacial score (nSPS) is 13.0. The lowest BCUT2D eigenvalue weighted by Crippen LogP contribution is -2.46. The van der Waals surface area contributed by atoms with Crippen LogP contribution in [-0.2, 0) is 9.47 Å². The summed E-state index contributed by atoms with van der Waals surface area (Å²) in [7, 11) is 0. The van der Waals surface area contributed by atoms with E-state index in [1.165, 1.54) is 116 Å². The summed E-state index contributed by atoms with van der Waals surface area (Å²) in [5.41, 5.74) is 5.71. The molecule has 1 unspecified atom stereocenters. The van der Waals surface area contributed by atoms with E-state index >= 15 is 0 Å². The van der Waals surface area contributed by atoms with Crippen LogP contribution in [0, 0.1) is 0 Å². The SMILES string of the molecule is CCCCCCCCCCCCOC(CN)C(C)(C)OCCCCCCCCCCCC. The average molecular weight is 456 g/mol. The molecule has 0 spiro atoms. The van der Waals surface area contributed by atoms with Crippen molar-refractivity contribution in [3.05, 3.63) is 0 Å². The van der Waals surface area contributed by atoms with Gasteiger partial charge in [-0.3, -0.25) is 0 Å². The van der Waals surface area contributed by atoms with Crippen molar-refractivity contribution in [1.29, 1.82) is 0 Å². The molecule has 0 aromatic heterocycles. The molecule has 0 aliphatic heterocycles. The van der Waals surface area contributed by atoms with E-state index in [1.807, 2.05) is 0 Å². The highest BCUT2D eigenvalue weighted by Crippen LogP contribution is 2.20. The molecule has 0 saturated carbocycles. The number of unbranched alkanes of at least 4 members (excludes halogenated alkanes) is 18. The Hall–Kier alpha value is -0.120. The van der Waals surface area contributed by atoms with Crippen LogP contribution in [-0.4, -0.2) is 31.5 Å². The molecule has 0 aromatic carbocycles. The number of ether oxygens (including phenoxy) is 2. The molecular formula is C29H61NO2. The first-order valence-electron chi connectivity index (χ1n) is 14.5. The summed E-state index contributed by atoms with van der Waals surface area (Å²) < 4.78 is 12.3. The molecule has 3 nitrogen and oxygen atoms in total. The molecule has 0 amide bonds. The van der Waals surface area contributed by atoms with Crippen LogP contribution in [0.1, 0.15) is 156 Å². The van der Waals surface area contributed by atoms with Gasteiger partial charge in [0, 0.05) is 19.8 Å². The molecular weight excluding hydrogens is 394 g/mol. The molecule has 0 rings (SSSR count). The zero-order valence-electron chi connectivity index (χ0n) is 22.7. The van der Waals surface area contributed by atoms with E-state index < -0.39 is 0 Å². The van der Waals surface area contributed by atoms with Crippen LogP contribution in [0.2, 0.25) is 0 Å². The van der Waals surface area contributed by atoms with Crippen molar-refractivity contribution in [3.8, 4) is 0 Å². The van der Waals surface area contributed by atoms with Crippen molar-refractivity contribution in [1.82, 2.24) is 0 Å². The molecule has 194 valence electrons. The summed E-state index contributed by atoms with van der Waals surface area (Å²) >= 11 is 0. The van der Waals surface area contributed by atoms with Crippen molar-refractivity contribution in [2.75, 3.05) is 19.8 Å². The van der Waals surface area contributed by atoms with Crippen molar-refractivity contribution >= 4 is 0 Å². The number of rotatable bonds is 26. The van der Waals surface area contributed by atoms with Crippen molar-refractivity contribution in [2.45, 2.75) is 168 Å². The van der Waals surface area contributed by atoms with Crippen LogP contribution in [0.3, 0.4) is 0 Å². The summed E-state index contributed by atoms with van der Waals surface area (Å²) in [5.74, 6) is 0. The molecule has 0 aliphatic rings. The topological polar surface area (TPSA) is 44.5 Å². The van der Waals surface area contributed by atoms with Gasteiger partial charge in [0.1, 0.15) is 0 Å². The molecule has 0 bridgehead atoms. The van der Waals surface area contributed by atoms with Gasteiger partial charge in [0.05, 0.1) is 11.7 Å². The fourth-order valence-corrected chi connectivity index (χ4v) is 4.39. The van der Waals surface area contributed by atoms with E-state index in [4.69, 9.17) is 15.2 Å². The Morgan fingerprint density at radius 2 is 0.875 bits per heavy atom. The molecule has 0 saturated heterocycles. The van der Waals surface area contributed by atoms with Gasteiger partial charge in [-0.2, -0.15) is 0 Å². The standard InChI is InChI=1S/C29H61NO2/c1-5-7-9-11-13-15-17-19-21-23-25-31-28(27-30)29(3,4)32-26-24-22-20-18-16-14-12-10-8-6-2/h28H,5-27,30H2,1-4H3. The van der Waals surface area contributed by atoms with Crippen molar-refractivity contribution < 1.29 is 9.47 Å². The Bertz CT molecular complexity index is 359. The summed E-state index contributed by atoms with van der Waals surface area (Å²) in [6, 6.07) is 0. The highest BCUT2D eigenvalue weighted by Gasteiger charge is 2.30. The summed E-state index contributed by atoms with van der Waals surface area (Å²) in [6.45, 7) is 11.0. The van der Waals surface area contributed by atoms with Gasteiger partial charge in [-0.15, -0.1) is 0 Å². The lowest BCUT2D eigenvalue weighted by atomic mass is 10.0. The summed E-state index contributed by atoms with van der Waals surface area (Å²) in [5, 5.41) is 0. The monoisotopic (exact) mass is 455 g/mol. The molecule has 0 aliphatic carbocycles. The smallest absolute Gasteiger partial charge is 0.0980 e. The maximum atomic E-state index is 6.20. The van der Waals surface area contributed by atoms with Gasteiger partial charge < -0.3 is 15.2 Å². The lowest BCUT2D eigenvalue weighted by molar-refractivity contribution is -0.124. The zero-order valence-corrected chi connectivity index (χ0v) is 22.7. The lowest BCUT2D eigenvalue weighted by Gasteiger charge is -2.33. The Morgan fingerprint density at radius 3 is 1.25 bits per heavy atom. The molecule has 0 fully saturated rings. The maximum Gasteiger partial charge on any atom is 0.0980 e. The fraction of sp³-hybridized carbons (Fsp3) is 1.00. The van der Waals surface area contributed by atoms with Crippen molar-refractivity contribution in [3.63, 3.8) is 0 Å².